The summed E-state index contributed by atoms with van der Waals surface area (Å²) in [4.78, 5) is 19.6. The average molecular weight is 423 g/mol. The highest BCUT2D eigenvalue weighted by Gasteiger charge is 2.50. The average Bonchev–Trinajstić information content (AvgIpc) is 3.22. The minimum atomic E-state index is -0.851. The highest BCUT2D eigenvalue weighted by molar-refractivity contribution is 7.99. The van der Waals surface area contributed by atoms with Gasteiger partial charge in [0.2, 0.25) is 5.91 Å². The molecule has 0 radical (unpaired) electrons. The molecular formula is C24H26N2O3S. The molecule has 5 nitrogen and oxygen atoms in total. The maximum absolute atomic E-state index is 13.1. The van der Waals surface area contributed by atoms with Crippen molar-refractivity contribution in [1.29, 1.82) is 0 Å². The van der Waals surface area contributed by atoms with Gasteiger partial charge < -0.3 is 14.4 Å². The number of carbonyl (C=O) groups is 1. The van der Waals surface area contributed by atoms with E-state index in [9.17, 15) is 9.90 Å². The van der Waals surface area contributed by atoms with Crippen LogP contribution in [0.2, 0.25) is 0 Å². The van der Waals surface area contributed by atoms with E-state index in [0.29, 0.717) is 23.9 Å². The molecule has 1 saturated heterocycles. The summed E-state index contributed by atoms with van der Waals surface area (Å²) in [7, 11) is 0. The number of carbonyl (C=O) groups excluding carboxylic acids is 1. The van der Waals surface area contributed by atoms with Crippen molar-refractivity contribution in [3.8, 4) is 0 Å². The molecule has 2 aromatic carbocycles. The van der Waals surface area contributed by atoms with Crippen LogP contribution in [0, 0.1) is 5.92 Å². The molecule has 2 heterocycles. The highest BCUT2D eigenvalue weighted by Crippen LogP contribution is 2.47. The fraction of sp³-hybridized carbons (Fsp3) is 0.417. The molecule has 3 atom stereocenters. The molecule has 0 unspecified atom stereocenters. The first-order chi connectivity index (χ1) is 14.6. The van der Waals surface area contributed by atoms with E-state index >= 15 is 0 Å². The molecule has 2 fully saturated rings. The van der Waals surface area contributed by atoms with Crippen LogP contribution in [0.25, 0.3) is 11.1 Å². The Morgan fingerprint density at radius 1 is 1.13 bits per heavy atom. The molecule has 1 N–H and O–H groups in total. The second-order valence-corrected chi connectivity index (χ2v) is 9.25. The second-order valence-electron chi connectivity index (χ2n) is 8.32. The third-order valence-corrected chi connectivity index (χ3v) is 7.48. The number of nitrogens with zero attached hydrogens (tertiary/aromatic N) is 2. The quantitative estimate of drug-likeness (QED) is 0.623. The summed E-state index contributed by atoms with van der Waals surface area (Å²) in [5.41, 5.74) is 1.68. The number of fused-ring (bicyclic) bond motifs is 2. The second kappa shape index (κ2) is 8.08. The van der Waals surface area contributed by atoms with Crippen molar-refractivity contribution in [2.24, 2.45) is 5.92 Å². The van der Waals surface area contributed by atoms with Crippen molar-refractivity contribution < 1.29 is 14.3 Å². The number of aliphatic hydroxyl groups is 1. The van der Waals surface area contributed by atoms with Gasteiger partial charge in [0.1, 0.15) is 5.52 Å². The molecule has 0 spiro atoms. The van der Waals surface area contributed by atoms with E-state index < -0.39 is 5.60 Å². The molecule has 1 aliphatic heterocycles. The number of hydrogen-bond acceptors (Lipinski definition) is 5. The lowest BCUT2D eigenvalue weighted by Crippen LogP contribution is -2.59. The van der Waals surface area contributed by atoms with Gasteiger partial charge in [-0.05, 0) is 37.0 Å². The van der Waals surface area contributed by atoms with Gasteiger partial charge in [0.05, 0.1) is 11.4 Å². The molecule has 1 aliphatic carbocycles. The van der Waals surface area contributed by atoms with Crippen LogP contribution >= 0.6 is 11.8 Å². The SMILES string of the molecule is O=C(CSc1nc2ccccc2o1)N1CC[C@@](O)(c2ccccc2)[C@@H]2CCCC[C@@H]21. The number of likely N-dealkylation sites (tertiary alicyclic amines) is 1. The molecular weight excluding hydrogens is 396 g/mol. The Hall–Kier alpha value is -2.31. The largest absolute Gasteiger partial charge is 0.431 e. The number of amides is 1. The number of rotatable bonds is 4. The Morgan fingerprint density at radius 3 is 2.73 bits per heavy atom. The minimum absolute atomic E-state index is 0.0840. The summed E-state index contributed by atoms with van der Waals surface area (Å²) in [5.74, 6) is 0.495. The predicted octanol–water partition coefficient (Wildman–Crippen LogP) is 4.60. The minimum Gasteiger partial charge on any atom is -0.431 e. The van der Waals surface area contributed by atoms with Crippen LogP contribution in [0.3, 0.4) is 0 Å². The number of para-hydroxylation sites is 2. The maximum Gasteiger partial charge on any atom is 0.257 e. The van der Waals surface area contributed by atoms with Crippen LogP contribution in [0.4, 0.5) is 0 Å². The van der Waals surface area contributed by atoms with Crippen LogP contribution in [0.1, 0.15) is 37.7 Å². The maximum atomic E-state index is 13.1. The van der Waals surface area contributed by atoms with E-state index in [2.05, 4.69) is 4.98 Å². The van der Waals surface area contributed by atoms with E-state index in [-0.39, 0.29) is 17.9 Å². The van der Waals surface area contributed by atoms with Crippen molar-refractivity contribution in [2.75, 3.05) is 12.3 Å². The molecule has 6 heteroatoms. The third kappa shape index (κ3) is 3.52. The Labute approximate surface area is 180 Å². The normalized spacial score (nSPS) is 26.5. The fourth-order valence-electron chi connectivity index (χ4n) is 5.20. The lowest BCUT2D eigenvalue weighted by molar-refractivity contribution is -0.152. The van der Waals surface area contributed by atoms with E-state index in [4.69, 9.17) is 4.42 Å². The van der Waals surface area contributed by atoms with E-state index in [1.165, 1.54) is 11.8 Å². The summed E-state index contributed by atoms with van der Waals surface area (Å²) in [6.45, 7) is 0.583. The Bertz CT molecular complexity index is 1000. The predicted molar refractivity (Wildman–Crippen MR) is 117 cm³/mol. The van der Waals surface area contributed by atoms with Gasteiger partial charge in [-0.15, -0.1) is 0 Å². The smallest absolute Gasteiger partial charge is 0.257 e. The van der Waals surface area contributed by atoms with Crippen molar-refractivity contribution in [3.63, 3.8) is 0 Å². The van der Waals surface area contributed by atoms with E-state index in [0.717, 1.165) is 42.3 Å². The van der Waals surface area contributed by atoms with Gasteiger partial charge in [-0.2, -0.15) is 0 Å². The molecule has 1 aromatic heterocycles. The van der Waals surface area contributed by atoms with Gasteiger partial charge in [-0.25, -0.2) is 4.98 Å². The molecule has 0 bridgehead atoms. The van der Waals surface area contributed by atoms with Crippen molar-refractivity contribution in [3.05, 3.63) is 60.2 Å². The molecule has 1 saturated carbocycles. The van der Waals surface area contributed by atoms with Gasteiger partial charge in [-0.3, -0.25) is 4.79 Å². The van der Waals surface area contributed by atoms with Crippen molar-refractivity contribution in [1.82, 2.24) is 9.88 Å². The number of aromatic nitrogens is 1. The zero-order valence-corrected chi connectivity index (χ0v) is 17.7. The van der Waals surface area contributed by atoms with Crippen LogP contribution in [0.5, 0.6) is 0 Å². The Morgan fingerprint density at radius 2 is 1.90 bits per heavy atom. The third-order valence-electron chi connectivity index (χ3n) is 6.66. The highest BCUT2D eigenvalue weighted by atomic mass is 32.2. The number of benzene rings is 2. The van der Waals surface area contributed by atoms with Crippen LogP contribution in [-0.4, -0.2) is 39.2 Å². The number of thioether (sulfide) groups is 1. The standard InChI is InChI=1S/C24H26N2O3S/c27-22(16-30-23-25-19-11-5-7-13-21(19)29-23)26-15-14-24(28,17-8-2-1-3-9-17)18-10-4-6-12-20(18)26/h1-3,5,7-9,11,13,18,20,28H,4,6,10,12,14-16H2/t18-,20+,24-/m1/s1. The summed E-state index contributed by atoms with van der Waals surface area (Å²) in [6, 6.07) is 17.7. The van der Waals surface area contributed by atoms with Crippen LogP contribution in [-0.2, 0) is 10.4 Å². The first kappa shape index (κ1) is 19.6. The van der Waals surface area contributed by atoms with Crippen LogP contribution < -0.4 is 0 Å². The molecule has 156 valence electrons. The number of hydrogen-bond donors (Lipinski definition) is 1. The first-order valence-electron chi connectivity index (χ1n) is 10.7. The topological polar surface area (TPSA) is 66.6 Å². The number of oxazole rings is 1. The summed E-state index contributed by atoms with van der Waals surface area (Å²) < 4.78 is 5.74. The Balaban J connectivity index is 1.31. The molecule has 5 rings (SSSR count). The van der Waals surface area contributed by atoms with Gasteiger partial charge in [-0.1, -0.05) is 67.1 Å². The van der Waals surface area contributed by atoms with Gasteiger partial charge in [0.25, 0.3) is 5.22 Å². The molecule has 1 amide bonds. The van der Waals surface area contributed by atoms with Gasteiger partial charge in [0, 0.05) is 18.5 Å². The van der Waals surface area contributed by atoms with Crippen molar-refractivity contribution >= 4 is 28.8 Å². The molecule has 30 heavy (non-hydrogen) atoms. The van der Waals surface area contributed by atoms with Crippen LogP contribution in [0.15, 0.2) is 64.2 Å². The monoisotopic (exact) mass is 422 g/mol. The lowest BCUT2D eigenvalue weighted by Gasteiger charge is -2.52. The van der Waals surface area contributed by atoms with Gasteiger partial charge in [0.15, 0.2) is 5.58 Å². The number of piperidine rings is 1. The summed E-state index contributed by atoms with van der Waals surface area (Å²) in [5, 5.41) is 12.2. The first-order valence-corrected chi connectivity index (χ1v) is 11.7. The Kier molecular flexibility index (Phi) is 5.29. The molecule has 3 aromatic rings. The van der Waals surface area contributed by atoms with Crippen molar-refractivity contribution in [2.45, 2.75) is 49.0 Å². The zero-order valence-electron chi connectivity index (χ0n) is 16.9. The lowest BCUT2D eigenvalue weighted by atomic mass is 9.66. The fourth-order valence-corrected chi connectivity index (χ4v) is 5.92. The summed E-state index contributed by atoms with van der Waals surface area (Å²) in [6.07, 6.45) is 4.71. The zero-order chi connectivity index (χ0) is 20.6. The summed E-state index contributed by atoms with van der Waals surface area (Å²) >= 11 is 1.35. The molecule has 2 aliphatic rings. The van der Waals surface area contributed by atoms with Gasteiger partial charge >= 0.3 is 0 Å². The van der Waals surface area contributed by atoms with E-state index in [1.54, 1.807) is 0 Å². The van der Waals surface area contributed by atoms with E-state index in [1.807, 2.05) is 59.5 Å².